The molecule has 2 rings (SSSR count). The third-order valence-corrected chi connectivity index (χ3v) is 5.68. The molecular weight excluding hydrogens is 310 g/mol. The molecule has 2 heterocycles. The van der Waals surface area contributed by atoms with E-state index in [0.717, 1.165) is 5.56 Å². The number of hydrogen-bond donors (Lipinski definition) is 3. The van der Waals surface area contributed by atoms with E-state index < -0.39 is 10.0 Å². The van der Waals surface area contributed by atoms with Crippen LogP contribution < -0.4 is 10.0 Å². The molecule has 0 aliphatic heterocycles. The summed E-state index contributed by atoms with van der Waals surface area (Å²) >= 11 is 1.23. The van der Waals surface area contributed by atoms with Crippen molar-refractivity contribution >= 4 is 21.4 Å². The van der Waals surface area contributed by atoms with Gasteiger partial charge in [-0.15, -0.1) is 11.3 Å². The Morgan fingerprint density at radius 2 is 2.24 bits per heavy atom. The highest BCUT2D eigenvalue weighted by Gasteiger charge is 2.16. The first-order chi connectivity index (χ1) is 9.97. The van der Waals surface area contributed by atoms with Gasteiger partial charge in [-0.2, -0.15) is 5.10 Å². The Labute approximate surface area is 128 Å². The number of H-pyrrole nitrogens is 1. The number of hydrogen-bond acceptors (Lipinski definition) is 6. The van der Waals surface area contributed by atoms with E-state index in [-0.39, 0.29) is 6.54 Å². The number of thiophene rings is 1. The first-order valence-electron chi connectivity index (χ1n) is 6.62. The van der Waals surface area contributed by atoms with E-state index in [9.17, 15) is 8.42 Å². The minimum Gasteiger partial charge on any atom is -0.310 e. The van der Waals surface area contributed by atoms with E-state index in [1.165, 1.54) is 17.7 Å². The maximum Gasteiger partial charge on any atom is 0.250 e. The molecule has 0 aromatic carbocycles. The summed E-state index contributed by atoms with van der Waals surface area (Å²) in [6, 6.07) is 2.07. The van der Waals surface area contributed by atoms with Crippen LogP contribution in [0.4, 0.5) is 0 Å². The standard InChI is InChI=1S/C12H19N5O2S2/c1-9(2)13-6-10-5-12(20-7-10)21(18,19)16-4-3-11-14-8-15-17-11/h5,7-9,13,16H,3-4,6H2,1-2H3,(H,14,15,17). The molecule has 0 radical (unpaired) electrons. The summed E-state index contributed by atoms with van der Waals surface area (Å²) in [5, 5.41) is 11.5. The molecule has 0 spiro atoms. The van der Waals surface area contributed by atoms with Crippen molar-refractivity contribution in [2.24, 2.45) is 0 Å². The van der Waals surface area contributed by atoms with E-state index in [0.29, 0.717) is 29.0 Å². The highest BCUT2D eigenvalue weighted by molar-refractivity contribution is 7.91. The van der Waals surface area contributed by atoms with Gasteiger partial charge in [0.15, 0.2) is 0 Å². The SMILES string of the molecule is CC(C)NCc1csc(S(=O)(=O)NCCc2ncn[nH]2)c1. The first kappa shape index (κ1) is 16.1. The molecule has 21 heavy (non-hydrogen) atoms. The summed E-state index contributed by atoms with van der Waals surface area (Å²) in [6.45, 7) is 5.06. The number of nitrogens with zero attached hydrogens (tertiary/aromatic N) is 2. The van der Waals surface area contributed by atoms with E-state index >= 15 is 0 Å². The fourth-order valence-corrected chi connectivity index (χ4v) is 3.92. The van der Waals surface area contributed by atoms with Gasteiger partial charge in [-0.3, -0.25) is 5.10 Å². The number of sulfonamides is 1. The lowest BCUT2D eigenvalue weighted by atomic mass is 10.3. The number of aromatic nitrogens is 3. The van der Waals surface area contributed by atoms with E-state index in [4.69, 9.17) is 0 Å². The molecule has 116 valence electrons. The third-order valence-electron chi connectivity index (χ3n) is 2.73. The van der Waals surface area contributed by atoms with Gasteiger partial charge >= 0.3 is 0 Å². The Hall–Kier alpha value is -1.29. The Morgan fingerprint density at radius 3 is 2.90 bits per heavy atom. The van der Waals surface area contributed by atoms with Gasteiger partial charge in [-0.05, 0) is 17.0 Å². The summed E-state index contributed by atoms with van der Waals surface area (Å²) in [5.74, 6) is 0.658. The minimum absolute atomic E-state index is 0.287. The molecule has 0 bridgehead atoms. The molecule has 0 atom stereocenters. The summed E-state index contributed by atoms with van der Waals surface area (Å²) < 4.78 is 27.2. The zero-order valence-corrected chi connectivity index (χ0v) is 13.6. The largest absolute Gasteiger partial charge is 0.310 e. The second-order valence-electron chi connectivity index (χ2n) is 4.89. The van der Waals surface area contributed by atoms with Crippen molar-refractivity contribution in [1.82, 2.24) is 25.2 Å². The smallest absolute Gasteiger partial charge is 0.250 e. The van der Waals surface area contributed by atoms with Crippen LogP contribution in [0.5, 0.6) is 0 Å². The van der Waals surface area contributed by atoms with Gasteiger partial charge in [0, 0.05) is 25.6 Å². The van der Waals surface area contributed by atoms with Crippen molar-refractivity contribution in [3.8, 4) is 0 Å². The van der Waals surface area contributed by atoms with Crippen LogP contribution in [-0.4, -0.2) is 36.2 Å². The lowest BCUT2D eigenvalue weighted by molar-refractivity contribution is 0.581. The van der Waals surface area contributed by atoms with E-state index in [1.54, 1.807) is 6.07 Å². The van der Waals surface area contributed by atoms with Crippen LogP contribution in [-0.2, 0) is 23.0 Å². The van der Waals surface area contributed by atoms with Crippen molar-refractivity contribution in [2.75, 3.05) is 6.54 Å². The Balaban J connectivity index is 1.89. The second kappa shape index (κ2) is 7.12. The van der Waals surface area contributed by atoms with Gasteiger partial charge in [0.2, 0.25) is 10.0 Å². The van der Waals surface area contributed by atoms with Crippen molar-refractivity contribution in [2.45, 2.75) is 37.1 Å². The van der Waals surface area contributed by atoms with Crippen LogP contribution in [0.3, 0.4) is 0 Å². The highest BCUT2D eigenvalue weighted by Crippen LogP contribution is 2.20. The molecule has 9 heteroatoms. The molecule has 0 amide bonds. The average Bonchev–Trinajstić information content (AvgIpc) is 3.07. The first-order valence-corrected chi connectivity index (χ1v) is 8.98. The van der Waals surface area contributed by atoms with Gasteiger partial charge in [0.05, 0.1) is 0 Å². The molecule has 7 nitrogen and oxygen atoms in total. The zero-order valence-electron chi connectivity index (χ0n) is 12.0. The summed E-state index contributed by atoms with van der Waals surface area (Å²) in [6.07, 6.45) is 1.88. The van der Waals surface area contributed by atoms with Gasteiger partial charge < -0.3 is 5.32 Å². The van der Waals surface area contributed by atoms with E-state index in [2.05, 4.69) is 39.1 Å². The molecule has 2 aromatic rings. The molecule has 0 aliphatic carbocycles. The number of rotatable bonds is 8. The normalized spacial score (nSPS) is 12.1. The van der Waals surface area contributed by atoms with Crippen LogP contribution in [0, 0.1) is 0 Å². The summed E-state index contributed by atoms with van der Waals surface area (Å²) in [5.41, 5.74) is 0.976. The fourth-order valence-electron chi connectivity index (χ4n) is 1.63. The summed E-state index contributed by atoms with van der Waals surface area (Å²) in [7, 11) is -3.45. The molecule has 2 aromatic heterocycles. The van der Waals surface area contributed by atoms with Crippen molar-refractivity contribution in [3.05, 3.63) is 29.2 Å². The fraction of sp³-hybridized carbons (Fsp3) is 0.500. The molecular formula is C12H19N5O2S2. The van der Waals surface area contributed by atoms with Crippen molar-refractivity contribution in [1.29, 1.82) is 0 Å². The predicted octanol–water partition coefficient (Wildman–Crippen LogP) is 0.885. The van der Waals surface area contributed by atoms with Crippen LogP contribution in [0.15, 0.2) is 22.0 Å². The van der Waals surface area contributed by atoms with Crippen molar-refractivity contribution in [3.63, 3.8) is 0 Å². The molecule has 3 N–H and O–H groups in total. The molecule has 0 fully saturated rings. The zero-order chi connectivity index (χ0) is 15.3. The van der Waals surface area contributed by atoms with Crippen LogP contribution in [0.1, 0.15) is 25.2 Å². The quantitative estimate of drug-likeness (QED) is 0.668. The molecule has 0 aliphatic rings. The maximum atomic E-state index is 12.1. The van der Waals surface area contributed by atoms with Crippen molar-refractivity contribution < 1.29 is 8.42 Å². The maximum absolute atomic E-state index is 12.1. The van der Waals surface area contributed by atoms with Gasteiger partial charge in [0.1, 0.15) is 16.4 Å². The minimum atomic E-state index is -3.45. The lowest BCUT2D eigenvalue weighted by Crippen LogP contribution is -2.25. The average molecular weight is 329 g/mol. The predicted molar refractivity (Wildman–Crippen MR) is 81.6 cm³/mol. The Morgan fingerprint density at radius 1 is 1.43 bits per heavy atom. The van der Waals surface area contributed by atoms with E-state index in [1.807, 2.05) is 5.38 Å². The third kappa shape index (κ3) is 4.88. The van der Waals surface area contributed by atoms with Gasteiger partial charge in [-0.1, -0.05) is 13.8 Å². The molecule has 0 saturated carbocycles. The van der Waals surface area contributed by atoms with Crippen LogP contribution in [0.25, 0.3) is 0 Å². The van der Waals surface area contributed by atoms with Crippen LogP contribution >= 0.6 is 11.3 Å². The second-order valence-corrected chi connectivity index (χ2v) is 7.79. The topological polar surface area (TPSA) is 99.8 Å². The number of nitrogens with one attached hydrogen (secondary N) is 3. The number of aromatic amines is 1. The molecule has 0 unspecified atom stereocenters. The Bertz CT molecular complexity index is 649. The Kier molecular flexibility index (Phi) is 5.45. The summed E-state index contributed by atoms with van der Waals surface area (Å²) in [4.78, 5) is 3.95. The highest BCUT2D eigenvalue weighted by atomic mass is 32.2. The van der Waals surface area contributed by atoms with Gasteiger partial charge in [-0.25, -0.2) is 18.1 Å². The van der Waals surface area contributed by atoms with Gasteiger partial charge in [0.25, 0.3) is 0 Å². The molecule has 0 saturated heterocycles. The van der Waals surface area contributed by atoms with Crippen LogP contribution in [0.2, 0.25) is 0 Å². The monoisotopic (exact) mass is 329 g/mol. The lowest BCUT2D eigenvalue weighted by Gasteiger charge is -2.05.